The van der Waals surface area contributed by atoms with E-state index in [0.717, 1.165) is 11.3 Å². The van der Waals surface area contributed by atoms with E-state index >= 15 is 0 Å². The smallest absolute Gasteiger partial charge is 0.401 e. The standard InChI is InChI=1S/C20H31F3N4O.HI/c1-5-24-18(26-16-10-11-27(12-16)14-20(21,22)23)25-13-19(2,3)15-6-8-17(28-4)9-7-15;/h6-9,16H,5,10-14H2,1-4H3,(H2,24,25,26);1H. The van der Waals surface area contributed by atoms with Crippen molar-refractivity contribution in [1.29, 1.82) is 0 Å². The molecule has 0 aliphatic carbocycles. The maximum absolute atomic E-state index is 12.6. The van der Waals surface area contributed by atoms with E-state index in [4.69, 9.17) is 4.74 Å². The van der Waals surface area contributed by atoms with Crippen LogP contribution in [0.15, 0.2) is 29.3 Å². The van der Waals surface area contributed by atoms with E-state index in [1.54, 1.807) is 7.11 Å². The molecule has 2 N–H and O–H groups in total. The number of aliphatic imine (C=N–C) groups is 1. The number of alkyl halides is 3. The van der Waals surface area contributed by atoms with Gasteiger partial charge in [0.05, 0.1) is 20.2 Å². The average molecular weight is 528 g/mol. The molecule has 0 aromatic heterocycles. The van der Waals surface area contributed by atoms with Crippen molar-refractivity contribution in [3.05, 3.63) is 29.8 Å². The molecule has 1 fully saturated rings. The van der Waals surface area contributed by atoms with Gasteiger partial charge in [0, 0.05) is 31.1 Å². The molecule has 1 atom stereocenters. The fraction of sp³-hybridized carbons (Fsp3) is 0.650. The van der Waals surface area contributed by atoms with E-state index in [9.17, 15) is 13.2 Å². The van der Waals surface area contributed by atoms with Gasteiger partial charge in [0.1, 0.15) is 5.75 Å². The van der Waals surface area contributed by atoms with Crippen molar-refractivity contribution in [2.75, 3.05) is 39.8 Å². The quantitative estimate of drug-likeness (QED) is 0.322. The first-order chi connectivity index (χ1) is 13.1. The van der Waals surface area contributed by atoms with Gasteiger partial charge in [-0.05, 0) is 31.0 Å². The van der Waals surface area contributed by atoms with Crippen molar-refractivity contribution in [3.8, 4) is 5.75 Å². The lowest BCUT2D eigenvalue weighted by Crippen LogP contribution is -2.45. The maximum atomic E-state index is 12.6. The van der Waals surface area contributed by atoms with Gasteiger partial charge in [0.2, 0.25) is 0 Å². The first-order valence-electron chi connectivity index (χ1n) is 9.61. The van der Waals surface area contributed by atoms with Crippen LogP contribution in [-0.4, -0.2) is 62.9 Å². The van der Waals surface area contributed by atoms with Crippen LogP contribution in [-0.2, 0) is 5.41 Å². The van der Waals surface area contributed by atoms with Gasteiger partial charge >= 0.3 is 6.18 Å². The zero-order valence-corrected chi connectivity index (χ0v) is 19.8. The van der Waals surface area contributed by atoms with Crippen molar-refractivity contribution in [2.24, 2.45) is 4.99 Å². The van der Waals surface area contributed by atoms with Crippen LogP contribution in [0.4, 0.5) is 13.2 Å². The highest BCUT2D eigenvalue weighted by atomic mass is 127. The number of guanidine groups is 1. The van der Waals surface area contributed by atoms with E-state index in [1.165, 1.54) is 4.90 Å². The Morgan fingerprint density at radius 3 is 2.45 bits per heavy atom. The molecular formula is C20H32F3IN4O. The number of ether oxygens (including phenoxy) is 1. The van der Waals surface area contributed by atoms with E-state index in [2.05, 4.69) is 29.5 Å². The molecule has 0 radical (unpaired) electrons. The van der Waals surface area contributed by atoms with E-state index in [0.29, 0.717) is 38.6 Å². The number of rotatable bonds is 7. The highest BCUT2D eigenvalue weighted by molar-refractivity contribution is 14.0. The summed E-state index contributed by atoms with van der Waals surface area (Å²) in [5.41, 5.74) is 0.956. The molecule has 1 aromatic carbocycles. The molecular weight excluding hydrogens is 496 g/mol. The number of methoxy groups -OCH3 is 1. The van der Waals surface area contributed by atoms with Gasteiger partial charge in [-0.15, -0.1) is 24.0 Å². The number of nitrogens with zero attached hydrogens (tertiary/aromatic N) is 2. The lowest BCUT2D eigenvalue weighted by molar-refractivity contribution is -0.143. The summed E-state index contributed by atoms with van der Waals surface area (Å²) in [4.78, 5) is 6.12. The molecule has 29 heavy (non-hydrogen) atoms. The molecule has 0 saturated carbocycles. The molecule has 1 aromatic rings. The van der Waals surface area contributed by atoms with E-state index < -0.39 is 12.7 Å². The zero-order valence-electron chi connectivity index (χ0n) is 17.5. The number of benzene rings is 1. The largest absolute Gasteiger partial charge is 0.497 e. The van der Waals surface area contributed by atoms with Gasteiger partial charge < -0.3 is 15.4 Å². The Balaban J connectivity index is 0.00000420. The summed E-state index contributed by atoms with van der Waals surface area (Å²) in [5.74, 6) is 1.45. The van der Waals surface area contributed by atoms with Crippen LogP contribution in [0.1, 0.15) is 32.8 Å². The Morgan fingerprint density at radius 1 is 1.24 bits per heavy atom. The van der Waals surface area contributed by atoms with Gasteiger partial charge in [-0.2, -0.15) is 13.2 Å². The van der Waals surface area contributed by atoms with Crippen LogP contribution in [0.3, 0.4) is 0 Å². The van der Waals surface area contributed by atoms with Gasteiger partial charge in [-0.3, -0.25) is 9.89 Å². The number of nitrogens with one attached hydrogen (secondary N) is 2. The summed E-state index contributed by atoms with van der Waals surface area (Å²) in [7, 11) is 1.64. The Bertz CT molecular complexity index is 650. The Morgan fingerprint density at radius 2 is 1.90 bits per heavy atom. The predicted octanol–water partition coefficient (Wildman–Crippen LogP) is 3.78. The summed E-state index contributed by atoms with van der Waals surface area (Å²) in [6.07, 6.45) is -3.49. The van der Waals surface area contributed by atoms with Gasteiger partial charge in [0.25, 0.3) is 0 Å². The minimum Gasteiger partial charge on any atom is -0.497 e. The molecule has 5 nitrogen and oxygen atoms in total. The van der Waals surface area contributed by atoms with Crippen LogP contribution in [0, 0.1) is 0 Å². The van der Waals surface area contributed by atoms with Crippen LogP contribution in [0.2, 0.25) is 0 Å². The fourth-order valence-electron chi connectivity index (χ4n) is 3.27. The predicted molar refractivity (Wildman–Crippen MR) is 121 cm³/mol. The van der Waals surface area contributed by atoms with Crippen LogP contribution < -0.4 is 15.4 Å². The molecule has 2 rings (SSSR count). The molecule has 9 heteroatoms. The Labute approximate surface area is 188 Å². The lowest BCUT2D eigenvalue weighted by atomic mass is 9.85. The molecule has 0 spiro atoms. The highest BCUT2D eigenvalue weighted by Crippen LogP contribution is 2.25. The SMILES string of the molecule is CCNC(=NCC(C)(C)c1ccc(OC)cc1)NC1CCN(CC(F)(F)F)C1.I. The molecule has 0 bridgehead atoms. The number of likely N-dealkylation sites (tertiary alicyclic amines) is 1. The van der Waals surface area contributed by atoms with E-state index in [-0.39, 0.29) is 35.4 Å². The minimum absolute atomic E-state index is 0. The van der Waals surface area contributed by atoms with Crippen LogP contribution in [0.25, 0.3) is 0 Å². The lowest BCUT2D eigenvalue weighted by Gasteiger charge is -2.25. The molecule has 166 valence electrons. The van der Waals surface area contributed by atoms with Gasteiger partial charge in [-0.25, -0.2) is 0 Å². The first-order valence-corrected chi connectivity index (χ1v) is 9.61. The second-order valence-corrected chi connectivity index (χ2v) is 7.79. The number of hydrogen-bond acceptors (Lipinski definition) is 3. The van der Waals surface area contributed by atoms with Crippen LogP contribution in [0.5, 0.6) is 5.75 Å². The third-order valence-electron chi connectivity index (χ3n) is 4.86. The number of halogens is 4. The summed E-state index contributed by atoms with van der Waals surface area (Å²) < 4.78 is 42.9. The van der Waals surface area contributed by atoms with Crippen molar-refractivity contribution in [2.45, 2.75) is 44.8 Å². The van der Waals surface area contributed by atoms with Crippen molar-refractivity contribution < 1.29 is 17.9 Å². The van der Waals surface area contributed by atoms with Crippen molar-refractivity contribution in [1.82, 2.24) is 15.5 Å². The third kappa shape index (κ3) is 8.57. The highest BCUT2D eigenvalue weighted by Gasteiger charge is 2.34. The zero-order chi connectivity index (χ0) is 20.8. The monoisotopic (exact) mass is 528 g/mol. The topological polar surface area (TPSA) is 48.9 Å². The molecule has 0 amide bonds. The second-order valence-electron chi connectivity index (χ2n) is 7.79. The van der Waals surface area contributed by atoms with Crippen molar-refractivity contribution >= 4 is 29.9 Å². The summed E-state index contributed by atoms with van der Waals surface area (Å²) >= 11 is 0. The van der Waals surface area contributed by atoms with Crippen molar-refractivity contribution in [3.63, 3.8) is 0 Å². The van der Waals surface area contributed by atoms with Gasteiger partial charge in [-0.1, -0.05) is 26.0 Å². The fourth-order valence-corrected chi connectivity index (χ4v) is 3.27. The van der Waals surface area contributed by atoms with Crippen LogP contribution >= 0.6 is 24.0 Å². The number of hydrogen-bond donors (Lipinski definition) is 2. The average Bonchev–Trinajstić information content (AvgIpc) is 3.05. The molecule has 1 aliphatic rings. The Kier molecular flexibility index (Phi) is 10.0. The molecule has 1 unspecified atom stereocenters. The second kappa shape index (κ2) is 11.2. The summed E-state index contributed by atoms with van der Waals surface area (Å²) in [6.45, 7) is 7.38. The third-order valence-corrected chi connectivity index (χ3v) is 4.86. The Hall–Kier alpha value is -1.23. The molecule has 1 aliphatic heterocycles. The van der Waals surface area contributed by atoms with Gasteiger partial charge in [0.15, 0.2) is 5.96 Å². The normalized spacial score (nSPS) is 18.3. The van der Waals surface area contributed by atoms with E-state index in [1.807, 2.05) is 31.2 Å². The summed E-state index contributed by atoms with van der Waals surface area (Å²) in [5, 5.41) is 6.48. The molecule has 1 saturated heterocycles. The summed E-state index contributed by atoms with van der Waals surface area (Å²) in [6, 6.07) is 7.88. The minimum atomic E-state index is -4.16. The maximum Gasteiger partial charge on any atom is 0.401 e. The molecule has 1 heterocycles. The first kappa shape index (κ1) is 25.8.